The maximum atomic E-state index is 13.8. The van der Waals surface area contributed by atoms with Crippen LogP contribution in [0.2, 0.25) is 0 Å². The van der Waals surface area contributed by atoms with Crippen LogP contribution in [0.5, 0.6) is 0 Å². The van der Waals surface area contributed by atoms with Gasteiger partial charge in [-0.15, -0.1) is 0 Å². The smallest absolute Gasteiger partial charge is 0.410 e. The van der Waals surface area contributed by atoms with Crippen LogP contribution >= 0.6 is 0 Å². The molecule has 1 amide bonds. The highest BCUT2D eigenvalue weighted by Crippen LogP contribution is 2.22. The molecule has 122 valence electrons. The first-order valence-corrected chi connectivity index (χ1v) is 7.54. The molecule has 0 saturated carbocycles. The van der Waals surface area contributed by atoms with Crippen molar-refractivity contribution in [3.8, 4) is 0 Å². The fourth-order valence-electron chi connectivity index (χ4n) is 2.46. The van der Waals surface area contributed by atoms with E-state index < -0.39 is 5.60 Å². The number of rotatable bonds is 2. The molecule has 0 radical (unpaired) electrons. The van der Waals surface area contributed by atoms with Crippen molar-refractivity contribution < 1.29 is 13.9 Å². The van der Waals surface area contributed by atoms with Gasteiger partial charge in [0.2, 0.25) is 0 Å². The van der Waals surface area contributed by atoms with Crippen LogP contribution < -0.4 is 11.1 Å². The van der Waals surface area contributed by atoms with Gasteiger partial charge in [0, 0.05) is 24.8 Å². The van der Waals surface area contributed by atoms with Crippen molar-refractivity contribution in [2.45, 2.75) is 45.3 Å². The Morgan fingerprint density at radius 2 is 2.18 bits per heavy atom. The molecular weight excluding hydrogens is 285 g/mol. The summed E-state index contributed by atoms with van der Waals surface area (Å²) < 4.78 is 19.2. The number of nitrogens with two attached hydrogens (primary N) is 1. The highest BCUT2D eigenvalue weighted by molar-refractivity contribution is 5.68. The summed E-state index contributed by atoms with van der Waals surface area (Å²) in [4.78, 5) is 13.8. The number of hydrogen-bond donors (Lipinski definition) is 2. The normalized spacial score (nSPS) is 18.9. The average molecular weight is 309 g/mol. The molecule has 1 heterocycles. The van der Waals surface area contributed by atoms with Crippen LogP contribution in [-0.2, 0) is 4.74 Å². The van der Waals surface area contributed by atoms with Gasteiger partial charge in [-0.3, -0.25) is 0 Å². The lowest BCUT2D eigenvalue weighted by molar-refractivity contribution is 0.0206. The highest BCUT2D eigenvalue weighted by atomic mass is 19.1. The number of carbonyl (C=O) groups is 1. The van der Waals surface area contributed by atoms with E-state index in [1.165, 1.54) is 6.07 Å². The molecule has 0 bridgehead atoms. The number of nitrogen functional groups attached to an aromatic ring is 1. The zero-order valence-electron chi connectivity index (χ0n) is 13.4. The summed E-state index contributed by atoms with van der Waals surface area (Å²) in [5, 5.41) is 3.14. The van der Waals surface area contributed by atoms with E-state index in [2.05, 4.69) is 5.32 Å². The number of hydrogen-bond acceptors (Lipinski definition) is 4. The topological polar surface area (TPSA) is 67.6 Å². The molecule has 0 spiro atoms. The molecule has 2 rings (SSSR count). The average Bonchev–Trinajstić information content (AvgIpc) is 2.40. The predicted molar refractivity (Wildman–Crippen MR) is 85.3 cm³/mol. The summed E-state index contributed by atoms with van der Waals surface area (Å²) in [7, 11) is 0. The van der Waals surface area contributed by atoms with E-state index in [-0.39, 0.29) is 18.0 Å². The molecule has 1 saturated heterocycles. The van der Waals surface area contributed by atoms with Crippen LogP contribution in [0, 0.1) is 5.82 Å². The van der Waals surface area contributed by atoms with E-state index in [0.717, 1.165) is 12.8 Å². The van der Waals surface area contributed by atoms with Crippen LogP contribution in [0.4, 0.5) is 20.6 Å². The third-order valence-corrected chi connectivity index (χ3v) is 3.43. The molecule has 3 N–H and O–H groups in total. The van der Waals surface area contributed by atoms with E-state index in [0.29, 0.717) is 24.5 Å². The van der Waals surface area contributed by atoms with Gasteiger partial charge in [0.15, 0.2) is 0 Å². The Morgan fingerprint density at radius 1 is 1.45 bits per heavy atom. The Balaban J connectivity index is 1.97. The van der Waals surface area contributed by atoms with Gasteiger partial charge in [-0.25, -0.2) is 9.18 Å². The molecule has 1 aliphatic rings. The molecule has 5 nitrogen and oxygen atoms in total. The lowest BCUT2D eigenvalue weighted by atomic mass is 10.1. The van der Waals surface area contributed by atoms with Gasteiger partial charge in [0.05, 0.1) is 5.69 Å². The first kappa shape index (κ1) is 16.4. The minimum atomic E-state index is -0.513. The van der Waals surface area contributed by atoms with E-state index in [4.69, 9.17) is 10.5 Å². The van der Waals surface area contributed by atoms with Crippen molar-refractivity contribution in [3.05, 3.63) is 24.0 Å². The Hall–Kier alpha value is -1.98. The van der Waals surface area contributed by atoms with Crippen molar-refractivity contribution in [2.75, 3.05) is 24.1 Å². The summed E-state index contributed by atoms with van der Waals surface area (Å²) in [6, 6.07) is 4.56. The SMILES string of the molecule is CC(C)(C)OC(=O)N1CCC[C@H](Nc2ccc(N)cc2F)C1. The van der Waals surface area contributed by atoms with Gasteiger partial charge in [-0.1, -0.05) is 0 Å². The number of likely N-dealkylation sites (tertiary alicyclic amines) is 1. The second-order valence-electron chi connectivity index (χ2n) is 6.65. The number of piperidine rings is 1. The van der Waals surface area contributed by atoms with Gasteiger partial charge in [-0.2, -0.15) is 0 Å². The minimum Gasteiger partial charge on any atom is -0.444 e. The Bertz CT molecular complexity index is 543. The second-order valence-corrected chi connectivity index (χ2v) is 6.65. The van der Waals surface area contributed by atoms with E-state index in [9.17, 15) is 9.18 Å². The lowest BCUT2D eigenvalue weighted by Crippen LogP contribution is -2.47. The van der Waals surface area contributed by atoms with E-state index >= 15 is 0 Å². The van der Waals surface area contributed by atoms with Crippen molar-refractivity contribution in [3.63, 3.8) is 0 Å². The minimum absolute atomic E-state index is 0.000562. The number of nitrogens with zero attached hydrogens (tertiary/aromatic N) is 1. The Morgan fingerprint density at radius 3 is 2.82 bits per heavy atom. The fourth-order valence-corrected chi connectivity index (χ4v) is 2.46. The summed E-state index contributed by atoms with van der Waals surface area (Å²) in [6.45, 7) is 6.69. The lowest BCUT2D eigenvalue weighted by Gasteiger charge is -2.34. The standard InChI is InChI=1S/C16H24FN3O2/c1-16(2,3)22-15(21)20-8-4-5-12(10-20)19-14-7-6-11(18)9-13(14)17/h6-7,9,12,19H,4-5,8,10,18H2,1-3H3/t12-/m0/s1. The van der Waals surface area contributed by atoms with Gasteiger partial charge in [0.1, 0.15) is 11.4 Å². The zero-order valence-corrected chi connectivity index (χ0v) is 13.4. The van der Waals surface area contributed by atoms with Crippen LogP contribution in [0.15, 0.2) is 18.2 Å². The van der Waals surface area contributed by atoms with Crippen LogP contribution in [-0.4, -0.2) is 35.7 Å². The second kappa shape index (κ2) is 6.42. The Kier molecular flexibility index (Phi) is 4.78. The van der Waals surface area contributed by atoms with E-state index in [1.54, 1.807) is 17.0 Å². The fraction of sp³-hybridized carbons (Fsp3) is 0.562. The molecule has 0 unspecified atom stereocenters. The van der Waals surface area contributed by atoms with Gasteiger partial charge < -0.3 is 20.7 Å². The first-order chi connectivity index (χ1) is 10.2. The number of nitrogens with one attached hydrogen (secondary N) is 1. The maximum Gasteiger partial charge on any atom is 0.410 e. The Labute approximate surface area is 130 Å². The molecule has 1 aliphatic heterocycles. The van der Waals surface area contributed by atoms with Crippen molar-refractivity contribution in [2.24, 2.45) is 0 Å². The number of ether oxygens (including phenoxy) is 1. The summed E-state index contributed by atoms with van der Waals surface area (Å²) in [5.41, 5.74) is 5.83. The number of amides is 1. The monoisotopic (exact) mass is 309 g/mol. The quantitative estimate of drug-likeness (QED) is 0.823. The zero-order chi connectivity index (χ0) is 16.3. The molecule has 1 fully saturated rings. The van der Waals surface area contributed by atoms with Crippen LogP contribution in [0.1, 0.15) is 33.6 Å². The maximum absolute atomic E-state index is 13.8. The summed E-state index contributed by atoms with van der Waals surface area (Å²) in [6.07, 6.45) is 1.41. The molecule has 6 heteroatoms. The highest BCUT2D eigenvalue weighted by Gasteiger charge is 2.27. The number of anilines is 2. The van der Waals surface area contributed by atoms with Crippen LogP contribution in [0.25, 0.3) is 0 Å². The predicted octanol–water partition coefficient (Wildman–Crippen LogP) is 3.22. The van der Waals surface area contributed by atoms with Crippen molar-refractivity contribution >= 4 is 17.5 Å². The molecule has 22 heavy (non-hydrogen) atoms. The first-order valence-electron chi connectivity index (χ1n) is 7.54. The molecular formula is C16H24FN3O2. The van der Waals surface area contributed by atoms with E-state index in [1.807, 2.05) is 20.8 Å². The summed E-state index contributed by atoms with van der Waals surface area (Å²) in [5.74, 6) is -0.380. The van der Waals surface area contributed by atoms with Crippen molar-refractivity contribution in [1.82, 2.24) is 4.90 Å². The summed E-state index contributed by atoms with van der Waals surface area (Å²) >= 11 is 0. The van der Waals surface area contributed by atoms with Crippen molar-refractivity contribution in [1.29, 1.82) is 0 Å². The molecule has 1 aromatic rings. The van der Waals surface area contributed by atoms with Gasteiger partial charge in [0.25, 0.3) is 0 Å². The third-order valence-electron chi connectivity index (χ3n) is 3.43. The van der Waals surface area contributed by atoms with Gasteiger partial charge in [-0.05, 0) is 51.8 Å². The molecule has 1 aromatic carbocycles. The molecule has 1 atom stereocenters. The number of carbonyl (C=O) groups excluding carboxylic acids is 1. The molecule has 0 aromatic heterocycles. The third kappa shape index (κ3) is 4.51. The number of halogens is 1. The van der Waals surface area contributed by atoms with Gasteiger partial charge >= 0.3 is 6.09 Å². The number of benzene rings is 1. The largest absolute Gasteiger partial charge is 0.444 e. The molecule has 0 aliphatic carbocycles. The van der Waals surface area contributed by atoms with Crippen LogP contribution in [0.3, 0.4) is 0 Å².